The third-order valence-electron chi connectivity index (χ3n) is 2.39. The fraction of sp³-hybridized carbons (Fsp3) is 0.700. The maximum Gasteiger partial charge on any atom is 0.360 e. The number of aliphatic hydroxyl groups is 1. The van der Waals surface area contributed by atoms with Gasteiger partial charge >= 0.3 is 5.97 Å². The van der Waals surface area contributed by atoms with E-state index in [-0.39, 0.29) is 18.2 Å². The number of rotatable bonds is 6. The number of nitrogens with two attached hydrogens (primary N) is 1. The first-order valence-electron chi connectivity index (χ1n) is 5.45. The molecule has 3 N–H and O–H groups in total. The lowest BCUT2D eigenvalue weighted by atomic mass is 10.2. The van der Waals surface area contributed by atoms with Gasteiger partial charge in [0.1, 0.15) is 0 Å². The average molecular weight is 242 g/mol. The molecule has 1 atom stereocenters. The van der Waals surface area contributed by atoms with Crippen molar-refractivity contribution in [3.63, 3.8) is 0 Å². The molecule has 0 aliphatic heterocycles. The minimum Gasteiger partial charge on any atom is -0.464 e. The summed E-state index contributed by atoms with van der Waals surface area (Å²) in [4.78, 5) is 11.4. The predicted molar refractivity (Wildman–Crippen MR) is 60.4 cm³/mol. The number of methoxy groups -OCH3 is 1. The zero-order valence-corrected chi connectivity index (χ0v) is 10.1. The molecule has 0 saturated carbocycles. The van der Waals surface area contributed by atoms with Crippen molar-refractivity contribution in [2.24, 2.45) is 11.7 Å². The van der Waals surface area contributed by atoms with Crippen molar-refractivity contribution in [3.8, 4) is 0 Å². The molecule has 0 fully saturated rings. The number of nitrogens with zero attached hydrogens (tertiary/aromatic N) is 3. The molecule has 0 aliphatic carbocycles. The van der Waals surface area contributed by atoms with E-state index >= 15 is 0 Å². The van der Waals surface area contributed by atoms with Crippen LogP contribution in [0.25, 0.3) is 0 Å². The second-order valence-electron chi connectivity index (χ2n) is 3.88. The predicted octanol–water partition coefficient (Wildman–Crippen LogP) is -0.806. The molecule has 0 saturated heterocycles. The van der Waals surface area contributed by atoms with E-state index in [4.69, 9.17) is 10.8 Å². The Morgan fingerprint density at radius 2 is 2.35 bits per heavy atom. The molecular formula is C10H18N4O3. The van der Waals surface area contributed by atoms with Crippen LogP contribution in [0, 0.1) is 5.92 Å². The Morgan fingerprint density at radius 3 is 2.88 bits per heavy atom. The van der Waals surface area contributed by atoms with Crippen LogP contribution in [0.15, 0.2) is 0 Å². The molecule has 1 rings (SSSR count). The maximum atomic E-state index is 11.4. The lowest BCUT2D eigenvalue weighted by Crippen LogP contribution is -2.18. The maximum absolute atomic E-state index is 11.4. The van der Waals surface area contributed by atoms with Crippen molar-refractivity contribution < 1.29 is 14.6 Å². The van der Waals surface area contributed by atoms with Gasteiger partial charge in [0.2, 0.25) is 0 Å². The van der Waals surface area contributed by atoms with Crippen LogP contribution in [0.1, 0.15) is 23.1 Å². The Morgan fingerprint density at radius 1 is 1.65 bits per heavy atom. The van der Waals surface area contributed by atoms with Gasteiger partial charge in [-0.1, -0.05) is 12.1 Å². The van der Waals surface area contributed by atoms with Crippen molar-refractivity contribution in [1.29, 1.82) is 0 Å². The third-order valence-corrected chi connectivity index (χ3v) is 2.39. The Balaban J connectivity index is 2.97. The van der Waals surface area contributed by atoms with E-state index in [1.165, 1.54) is 7.11 Å². The van der Waals surface area contributed by atoms with Crippen molar-refractivity contribution in [2.45, 2.75) is 19.9 Å². The largest absolute Gasteiger partial charge is 0.464 e. The minimum atomic E-state index is -0.517. The summed E-state index contributed by atoms with van der Waals surface area (Å²) < 4.78 is 6.22. The average Bonchev–Trinajstić information content (AvgIpc) is 2.72. The molecule has 1 aromatic rings. The summed E-state index contributed by atoms with van der Waals surface area (Å²) in [7, 11) is 1.30. The van der Waals surface area contributed by atoms with E-state index in [0.717, 1.165) is 0 Å². The highest BCUT2D eigenvalue weighted by Gasteiger charge is 2.20. The number of hydrogen-bond acceptors (Lipinski definition) is 6. The zero-order chi connectivity index (χ0) is 12.8. The summed E-state index contributed by atoms with van der Waals surface area (Å²) in [5.41, 5.74) is 6.34. The SMILES string of the molecule is COC(=O)c1nnn(CC(C)CO)c1CCN. The van der Waals surface area contributed by atoms with E-state index < -0.39 is 5.97 Å². The molecule has 7 nitrogen and oxygen atoms in total. The van der Waals surface area contributed by atoms with Gasteiger partial charge in [0.25, 0.3) is 0 Å². The molecule has 96 valence electrons. The summed E-state index contributed by atoms with van der Waals surface area (Å²) in [6, 6.07) is 0. The molecule has 1 unspecified atom stereocenters. The normalized spacial score (nSPS) is 12.5. The van der Waals surface area contributed by atoms with Crippen LogP contribution in [0.4, 0.5) is 0 Å². The number of aromatic nitrogens is 3. The fourth-order valence-corrected chi connectivity index (χ4v) is 1.47. The topological polar surface area (TPSA) is 103 Å². The van der Waals surface area contributed by atoms with Gasteiger partial charge in [0, 0.05) is 19.6 Å². The van der Waals surface area contributed by atoms with E-state index in [1.54, 1.807) is 4.68 Å². The number of ether oxygens (including phenoxy) is 1. The summed E-state index contributed by atoms with van der Waals surface area (Å²) in [6.07, 6.45) is 0.496. The monoisotopic (exact) mass is 242 g/mol. The van der Waals surface area contributed by atoms with Crippen molar-refractivity contribution in [1.82, 2.24) is 15.0 Å². The number of hydrogen-bond donors (Lipinski definition) is 2. The molecular weight excluding hydrogens is 224 g/mol. The van der Waals surface area contributed by atoms with Gasteiger partial charge in [-0.25, -0.2) is 9.48 Å². The second-order valence-corrected chi connectivity index (χ2v) is 3.88. The Kier molecular flexibility index (Phi) is 5.05. The zero-order valence-electron chi connectivity index (χ0n) is 10.1. The van der Waals surface area contributed by atoms with Crippen molar-refractivity contribution >= 4 is 5.97 Å². The number of carbonyl (C=O) groups is 1. The van der Waals surface area contributed by atoms with Crippen molar-refractivity contribution in [3.05, 3.63) is 11.4 Å². The van der Waals surface area contributed by atoms with E-state index in [1.807, 2.05) is 6.92 Å². The van der Waals surface area contributed by atoms with Crippen LogP contribution in [-0.4, -0.2) is 46.3 Å². The Labute approximate surface area is 99.6 Å². The highest BCUT2D eigenvalue weighted by atomic mass is 16.5. The van der Waals surface area contributed by atoms with Gasteiger partial charge in [-0.2, -0.15) is 0 Å². The minimum absolute atomic E-state index is 0.0405. The first-order valence-corrected chi connectivity index (χ1v) is 5.45. The van der Waals surface area contributed by atoms with Crippen LogP contribution in [0.3, 0.4) is 0 Å². The molecule has 0 spiro atoms. The lowest BCUT2D eigenvalue weighted by Gasteiger charge is -2.10. The van der Waals surface area contributed by atoms with Crippen LogP contribution < -0.4 is 5.73 Å². The summed E-state index contributed by atoms with van der Waals surface area (Å²) in [6.45, 7) is 2.82. The van der Waals surface area contributed by atoms with Gasteiger partial charge in [0.05, 0.1) is 12.8 Å². The first-order chi connectivity index (χ1) is 8.13. The van der Waals surface area contributed by atoms with Gasteiger partial charge in [-0.05, 0) is 12.5 Å². The molecule has 1 aromatic heterocycles. The van der Waals surface area contributed by atoms with E-state index in [2.05, 4.69) is 15.0 Å². The van der Waals surface area contributed by atoms with E-state index in [9.17, 15) is 4.79 Å². The molecule has 0 radical (unpaired) electrons. The van der Waals surface area contributed by atoms with Gasteiger partial charge in [-0.15, -0.1) is 5.10 Å². The van der Waals surface area contributed by atoms with Gasteiger partial charge in [-0.3, -0.25) is 0 Å². The molecule has 7 heteroatoms. The summed E-state index contributed by atoms with van der Waals surface area (Å²) in [5.74, 6) is -0.477. The highest BCUT2D eigenvalue weighted by molar-refractivity contribution is 5.88. The smallest absolute Gasteiger partial charge is 0.360 e. The van der Waals surface area contributed by atoms with Gasteiger partial charge < -0.3 is 15.6 Å². The molecule has 1 heterocycles. The second kappa shape index (κ2) is 6.31. The quantitative estimate of drug-likeness (QED) is 0.633. The molecule has 17 heavy (non-hydrogen) atoms. The van der Waals surface area contributed by atoms with Crippen LogP contribution >= 0.6 is 0 Å². The standard InChI is InChI=1S/C10H18N4O3/c1-7(6-15)5-14-8(3-4-11)9(12-13-14)10(16)17-2/h7,15H,3-6,11H2,1-2H3. The lowest BCUT2D eigenvalue weighted by molar-refractivity contribution is 0.0592. The van der Waals surface area contributed by atoms with Gasteiger partial charge in [0.15, 0.2) is 5.69 Å². The fourth-order valence-electron chi connectivity index (χ4n) is 1.47. The highest BCUT2D eigenvalue weighted by Crippen LogP contribution is 2.10. The summed E-state index contributed by atoms with van der Waals surface area (Å²) >= 11 is 0. The molecule has 0 aromatic carbocycles. The van der Waals surface area contributed by atoms with E-state index in [0.29, 0.717) is 25.2 Å². The molecule has 0 bridgehead atoms. The summed E-state index contributed by atoms with van der Waals surface area (Å²) in [5, 5.41) is 16.7. The number of carbonyl (C=O) groups excluding carboxylic acids is 1. The third kappa shape index (κ3) is 3.24. The van der Waals surface area contributed by atoms with Crippen molar-refractivity contribution in [2.75, 3.05) is 20.3 Å². The van der Waals surface area contributed by atoms with Crippen LogP contribution in [0.5, 0.6) is 0 Å². The molecule has 0 aliphatic rings. The van der Waals surface area contributed by atoms with Crippen LogP contribution in [0.2, 0.25) is 0 Å². The first kappa shape index (κ1) is 13.6. The number of esters is 1. The molecule has 0 amide bonds. The van der Waals surface area contributed by atoms with Crippen LogP contribution in [-0.2, 0) is 17.7 Å². The Bertz CT molecular complexity index is 378. The number of aliphatic hydroxyl groups excluding tert-OH is 1. The Hall–Kier alpha value is -1.47.